The lowest BCUT2D eigenvalue weighted by molar-refractivity contribution is 0.703. The normalized spacial score (nSPS) is 21.1. The van der Waals surface area contributed by atoms with Crippen molar-refractivity contribution in [1.82, 2.24) is 9.97 Å². The minimum atomic E-state index is 0.423. The zero-order chi connectivity index (χ0) is 19.7. The minimum absolute atomic E-state index is 0.423. The highest BCUT2D eigenvalue weighted by Gasteiger charge is 2.37. The number of rotatable bonds is 1. The van der Waals surface area contributed by atoms with Gasteiger partial charge < -0.3 is 0 Å². The molecule has 4 aromatic rings. The lowest BCUT2D eigenvalue weighted by atomic mass is 9.82. The zero-order valence-corrected chi connectivity index (χ0v) is 16.3. The topological polar surface area (TPSA) is 25.8 Å². The lowest BCUT2D eigenvalue weighted by Gasteiger charge is -2.22. The van der Waals surface area contributed by atoms with Gasteiger partial charge in [0.15, 0.2) is 0 Å². The molecule has 2 heterocycles. The van der Waals surface area contributed by atoms with Gasteiger partial charge in [-0.15, -0.1) is 0 Å². The van der Waals surface area contributed by atoms with Crippen LogP contribution in [-0.2, 0) is 0 Å². The van der Waals surface area contributed by atoms with Crippen molar-refractivity contribution in [2.75, 3.05) is 0 Å². The summed E-state index contributed by atoms with van der Waals surface area (Å²) in [5, 5.41) is 2.25. The highest BCUT2D eigenvalue weighted by molar-refractivity contribution is 6.03. The molecule has 2 atom stereocenters. The molecular formula is C28H18N2. The number of benzene rings is 2. The summed E-state index contributed by atoms with van der Waals surface area (Å²) in [6.07, 6.45) is 13.5. The first-order valence-electron chi connectivity index (χ1n) is 10.4. The van der Waals surface area contributed by atoms with Crippen LogP contribution >= 0.6 is 0 Å². The van der Waals surface area contributed by atoms with Gasteiger partial charge in [0.05, 0.1) is 16.7 Å². The molecule has 2 aromatic carbocycles. The van der Waals surface area contributed by atoms with E-state index in [2.05, 4.69) is 90.0 Å². The number of nitrogens with zero attached hydrogens (tertiary/aromatic N) is 2. The Morgan fingerprint density at radius 3 is 2.53 bits per heavy atom. The van der Waals surface area contributed by atoms with Gasteiger partial charge >= 0.3 is 0 Å². The Morgan fingerprint density at radius 1 is 0.700 bits per heavy atom. The van der Waals surface area contributed by atoms with Crippen LogP contribution in [0.1, 0.15) is 22.7 Å². The number of aromatic nitrogens is 2. The molecule has 140 valence electrons. The third-order valence-electron chi connectivity index (χ3n) is 6.62. The van der Waals surface area contributed by atoms with Crippen LogP contribution in [0, 0.1) is 5.92 Å². The van der Waals surface area contributed by atoms with E-state index in [4.69, 9.17) is 4.98 Å². The number of hydrogen-bond acceptors (Lipinski definition) is 2. The third-order valence-corrected chi connectivity index (χ3v) is 6.62. The second-order valence-electron chi connectivity index (χ2n) is 8.29. The molecule has 3 aliphatic rings. The summed E-state index contributed by atoms with van der Waals surface area (Å²) in [6.45, 7) is 0. The van der Waals surface area contributed by atoms with Crippen molar-refractivity contribution in [3.63, 3.8) is 0 Å². The van der Waals surface area contributed by atoms with E-state index in [1.807, 2.05) is 12.3 Å². The van der Waals surface area contributed by atoms with Crippen molar-refractivity contribution in [2.24, 2.45) is 5.92 Å². The quantitative estimate of drug-likeness (QED) is 0.352. The molecule has 2 heteroatoms. The molecule has 2 aromatic heterocycles. The Hall–Kier alpha value is -3.78. The van der Waals surface area contributed by atoms with Crippen LogP contribution in [-0.4, -0.2) is 9.97 Å². The molecular weight excluding hydrogens is 364 g/mol. The monoisotopic (exact) mass is 382 g/mol. The predicted molar refractivity (Wildman–Crippen MR) is 123 cm³/mol. The molecule has 0 aliphatic heterocycles. The van der Waals surface area contributed by atoms with Crippen LogP contribution in [0.25, 0.3) is 33.5 Å². The largest absolute Gasteiger partial charge is 0.254 e. The molecule has 0 saturated carbocycles. The van der Waals surface area contributed by atoms with Gasteiger partial charge in [-0.3, -0.25) is 4.98 Å². The Labute approximate surface area is 174 Å². The van der Waals surface area contributed by atoms with Crippen LogP contribution in [0.15, 0.2) is 102 Å². The number of allylic oxidation sites excluding steroid dienone is 7. The first-order chi connectivity index (χ1) is 14.8. The Kier molecular flexibility index (Phi) is 3.14. The lowest BCUT2D eigenvalue weighted by Crippen LogP contribution is -2.09. The molecule has 7 rings (SSSR count). The summed E-state index contributed by atoms with van der Waals surface area (Å²) in [5.74, 6) is 0.884. The Bertz CT molecular complexity index is 1500. The van der Waals surface area contributed by atoms with Crippen molar-refractivity contribution in [3.8, 4) is 0 Å². The van der Waals surface area contributed by atoms with Gasteiger partial charge in [-0.1, -0.05) is 72.8 Å². The summed E-state index contributed by atoms with van der Waals surface area (Å²) in [5.41, 5.74) is 9.74. The van der Waals surface area contributed by atoms with E-state index in [0.29, 0.717) is 11.8 Å². The summed E-state index contributed by atoms with van der Waals surface area (Å²) >= 11 is 0. The van der Waals surface area contributed by atoms with E-state index >= 15 is 0 Å². The molecule has 0 amide bonds. The fourth-order valence-corrected chi connectivity index (χ4v) is 5.23. The molecule has 2 unspecified atom stereocenters. The van der Waals surface area contributed by atoms with Crippen LogP contribution in [0.3, 0.4) is 0 Å². The van der Waals surface area contributed by atoms with Crippen molar-refractivity contribution in [2.45, 2.75) is 5.92 Å². The summed E-state index contributed by atoms with van der Waals surface area (Å²) in [7, 11) is 0. The second kappa shape index (κ2) is 5.87. The fraction of sp³-hybridized carbons (Fsp3) is 0.0714. The van der Waals surface area contributed by atoms with E-state index < -0.39 is 0 Å². The SMILES string of the molecule is C1=CC2C(=CC3=Cc4ccccc4C32)C=C1c1ccc2ccc3cccnc3c2n1. The standard InChI is InChI=1S/C28H18N2/c1-2-6-23-19(4-1)14-22-16-21-15-20(9-11-24(21)26(22)23)25-12-10-18-8-7-17-5-3-13-29-27(17)28(18)30-25/h1-16,24,26H. The second-order valence-corrected chi connectivity index (χ2v) is 8.29. The molecule has 0 N–H and O–H groups in total. The van der Waals surface area contributed by atoms with Crippen molar-refractivity contribution >= 4 is 33.5 Å². The van der Waals surface area contributed by atoms with Crippen LogP contribution in [0.4, 0.5) is 0 Å². The van der Waals surface area contributed by atoms with Gasteiger partial charge in [-0.05, 0) is 40.5 Å². The van der Waals surface area contributed by atoms with E-state index in [1.54, 1.807) is 0 Å². The summed E-state index contributed by atoms with van der Waals surface area (Å²) < 4.78 is 0. The highest BCUT2D eigenvalue weighted by Crippen LogP contribution is 2.52. The van der Waals surface area contributed by atoms with Crippen LogP contribution < -0.4 is 0 Å². The molecule has 0 bridgehead atoms. The van der Waals surface area contributed by atoms with E-state index in [9.17, 15) is 0 Å². The number of fused-ring (bicyclic) bond motifs is 8. The van der Waals surface area contributed by atoms with E-state index in [0.717, 1.165) is 27.5 Å². The summed E-state index contributed by atoms with van der Waals surface area (Å²) in [6, 6.07) is 21.4. The van der Waals surface area contributed by atoms with E-state index in [-0.39, 0.29) is 0 Å². The first kappa shape index (κ1) is 16.1. The van der Waals surface area contributed by atoms with E-state index in [1.165, 1.54) is 27.8 Å². The zero-order valence-electron chi connectivity index (χ0n) is 16.3. The average molecular weight is 382 g/mol. The maximum Gasteiger partial charge on any atom is 0.0972 e. The first-order valence-corrected chi connectivity index (χ1v) is 10.4. The van der Waals surface area contributed by atoms with Gasteiger partial charge in [0.2, 0.25) is 0 Å². The molecule has 0 spiro atoms. The number of hydrogen-bond donors (Lipinski definition) is 0. The van der Waals surface area contributed by atoms with Gasteiger partial charge in [0, 0.05) is 34.4 Å². The molecule has 0 saturated heterocycles. The fourth-order valence-electron chi connectivity index (χ4n) is 5.23. The Morgan fingerprint density at radius 2 is 1.57 bits per heavy atom. The highest BCUT2D eigenvalue weighted by atomic mass is 14.8. The van der Waals surface area contributed by atoms with Crippen molar-refractivity contribution in [1.29, 1.82) is 0 Å². The molecule has 3 aliphatic carbocycles. The van der Waals surface area contributed by atoms with Crippen molar-refractivity contribution < 1.29 is 0 Å². The van der Waals surface area contributed by atoms with Gasteiger partial charge in [0.1, 0.15) is 0 Å². The van der Waals surface area contributed by atoms with Crippen LogP contribution in [0.2, 0.25) is 0 Å². The smallest absolute Gasteiger partial charge is 0.0972 e. The minimum Gasteiger partial charge on any atom is -0.254 e. The maximum atomic E-state index is 5.03. The van der Waals surface area contributed by atoms with Gasteiger partial charge in [0.25, 0.3) is 0 Å². The summed E-state index contributed by atoms with van der Waals surface area (Å²) in [4.78, 5) is 9.62. The molecule has 30 heavy (non-hydrogen) atoms. The molecule has 0 fully saturated rings. The van der Waals surface area contributed by atoms with Crippen LogP contribution in [0.5, 0.6) is 0 Å². The molecule has 2 nitrogen and oxygen atoms in total. The Balaban J connectivity index is 1.33. The molecule has 0 radical (unpaired) electrons. The average Bonchev–Trinajstić information content (AvgIpc) is 3.34. The number of pyridine rings is 2. The maximum absolute atomic E-state index is 5.03. The van der Waals surface area contributed by atoms with Gasteiger partial charge in [-0.25, -0.2) is 4.98 Å². The van der Waals surface area contributed by atoms with Gasteiger partial charge in [-0.2, -0.15) is 0 Å². The predicted octanol–water partition coefficient (Wildman–Crippen LogP) is 6.47. The third kappa shape index (κ3) is 2.19. The van der Waals surface area contributed by atoms with Crippen molar-refractivity contribution in [3.05, 3.63) is 119 Å².